The van der Waals surface area contributed by atoms with E-state index in [0.29, 0.717) is 6.04 Å². The van der Waals surface area contributed by atoms with Gasteiger partial charge in [0.25, 0.3) is 0 Å². The normalized spacial score (nSPS) is 10.6. The molecular weight excluding hydrogens is 208 g/mol. The summed E-state index contributed by atoms with van der Waals surface area (Å²) in [7, 11) is 0. The highest BCUT2D eigenvalue weighted by atomic mass is 32.1. The molecule has 0 aliphatic rings. The van der Waals surface area contributed by atoms with E-state index in [0.717, 1.165) is 16.5 Å². The van der Waals surface area contributed by atoms with Gasteiger partial charge in [0.05, 0.1) is 0 Å². The van der Waals surface area contributed by atoms with Gasteiger partial charge in [0.2, 0.25) is 5.13 Å². The van der Waals surface area contributed by atoms with Crippen LogP contribution in [0.3, 0.4) is 0 Å². The Morgan fingerprint density at radius 1 is 1.27 bits per heavy atom. The number of rotatable bonds is 3. The van der Waals surface area contributed by atoms with Crippen molar-refractivity contribution in [2.75, 3.05) is 5.32 Å². The standard InChI is InChI=1S/C10H12N4S/c1-7(2)12-10-13-9(14-15-10)8-3-5-11-6-4-8/h3-7H,1-2H3,(H,12,13,14). The second-order valence-corrected chi connectivity index (χ2v) is 4.21. The number of nitrogens with one attached hydrogen (secondary N) is 1. The lowest BCUT2D eigenvalue weighted by atomic mass is 10.3. The largest absolute Gasteiger partial charge is 0.358 e. The average molecular weight is 220 g/mol. The number of nitrogens with zero attached hydrogens (tertiary/aromatic N) is 3. The van der Waals surface area contributed by atoms with E-state index in [1.807, 2.05) is 12.1 Å². The lowest BCUT2D eigenvalue weighted by molar-refractivity contribution is 0.896. The summed E-state index contributed by atoms with van der Waals surface area (Å²) in [5.41, 5.74) is 0.998. The number of anilines is 1. The van der Waals surface area contributed by atoms with Crippen LogP contribution in [0.15, 0.2) is 24.5 Å². The molecule has 0 amide bonds. The van der Waals surface area contributed by atoms with E-state index in [1.165, 1.54) is 11.5 Å². The summed E-state index contributed by atoms with van der Waals surface area (Å²) in [6.07, 6.45) is 3.48. The van der Waals surface area contributed by atoms with E-state index >= 15 is 0 Å². The van der Waals surface area contributed by atoms with Crippen LogP contribution in [0.5, 0.6) is 0 Å². The van der Waals surface area contributed by atoms with Crippen molar-refractivity contribution in [1.29, 1.82) is 0 Å². The van der Waals surface area contributed by atoms with Gasteiger partial charge in [0.15, 0.2) is 5.82 Å². The van der Waals surface area contributed by atoms with Gasteiger partial charge in [0.1, 0.15) is 0 Å². The first-order chi connectivity index (χ1) is 7.25. The molecule has 0 unspecified atom stereocenters. The quantitative estimate of drug-likeness (QED) is 0.863. The molecule has 2 rings (SSSR count). The van der Waals surface area contributed by atoms with Crippen molar-refractivity contribution in [2.45, 2.75) is 19.9 Å². The zero-order valence-corrected chi connectivity index (χ0v) is 9.45. The van der Waals surface area contributed by atoms with Crippen molar-refractivity contribution >= 4 is 16.7 Å². The zero-order valence-electron chi connectivity index (χ0n) is 8.64. The summed E-state index contributed by atoms with van der Waals surface area (Å²) in [5, 5.41) is 4.08. The number of aromatic nitrogens is 3. The Balaban J connectivity index is 2.21. The number of hydrogen-bond acceptors (Lipinski definition) is 5. The van der Waals surface area contributed by atoms with Gasteiger partial charge in [-0.05, 0) is 26.0 Å². The maximum absolute atomic E-state index is 4.39. The lowest BCUT2D eigenvalue weighted by Crippen LogP contribution is -2.08. The van der Waals surface area contributed by atoms with Crippen molar-refractivity contribution < 1.29 is 0 Å². The van der Waals surface area contributed by atoms with Gasteiger partial charge in [0, 0.05) is 35.5 Å². The monoisotopic (exact) mass is 220 g/mol. The van der Waals surface area contributed by atoms with Crippen molar-refractivity contribution in [1.82, 2.24) is 14.3 Å². The summed E-state index contributed by atoms with van der Waals surface area (Å²) in [6.45, 7) is 4.15. The van der Waals surface area contributed by atoms with Gasteiger partial charge >= 0.3 is 0 Å². The van der Waals surface area contributed by atoms with Gasteiger partial charge in [-0.1, -0.05) is 0 Å². The maximum atomic E-state index is 4.39. The minimum absolute atomic E-state index is 0.378. The maximum Gasteiger partial charge on any atom is 0.203 e. The number of hydrogen-bond donors (Lipinski definition) is 1. The van der Waals surface area contributed by atoms with E-state index in [-0.39, 0.29) is 0 Å². The topological polar surface area (TPSA) is 50.7 Å². The molecular formula is C10H12N4S. The predicted octanol–water partition coefficient (Wildman–Crippen LogP) is 2.42. The van der Waals surface area contributed by atoms with Crippen LogP contribution in [-0.2, 0) is 0 Å². The Labute approximate surface area is 92.6 Å². The molecule has 78 valence electrons. The molecule has 0 aliphatic carbocycles. The van der Waals surface area contributed by atoms with Crippen molar-refractivity contribution in [3.63, 3.8) is 0 Å². The van der Waals surface area contributed by atoms with E-state index in [4.69, 9.17) is 0 Å². The molecule has 0 saturated heterocycles. The summed E-state index contributed by atoms with van der Waals surface area (Å²) in [6, 6.07) is 4.19. The van der Waals surface area contributed by atoms with E-state index < -0.39 is 0 Å². The molecule has 0 atom stereocenters. The molecule has 2 aromatic rings. The molecule has 4 nitrogen and oxygen atoms in total. The molecule has 0 radical (unpaired) electrons. The van der Waals surface area contributed by atoms with E-state index in [9.17, 15) is 0 Å². The third kappa shape index (κ3) is 2.50. The number of pyridine rings is 1. The van der Waals surface area contributed by atoms with Crippen LogP contribution < -0.4 is 5.32 Å². The predicted molar refractivity (Wildman–Crippen MR) is 61.9 cm³/mol. The smallest absolute Gasteiger partial charge is 0.203 e. The first-order valence-electron chi connectivity index (χ1n) is 4.76. The Bertz CT molecular complexity index is 424. The molecule has 0 saturated carbocycles. The fraction of sp³-hybridized carbons (Fsp3) is 0.300. The van der Waals surface area contributed by atoms with Gasteiger partial charge in [-0.3, -0.25) is 4.98 Å². The van der Waals surface area contributed by atoms with Crippen molar-refractivity contribution in [3.05, 3.63) is 24.5 Å². The first-order valence-corrected chi connectivity index (χ1v) is 5.53. The van der Waals surface area contributed by atoms with Crippen molar-refractivity contribution in [2.24, 2.45) is 0 Å². The van der Waals surface area contributed by atoms with Crippen LogP contribution in [0.2, 0.25) is 0 Å². The first kappa shape index (κ1) is 10.0. The minimum atomic E-state index is 0.378. The Hall–Kier alpha value is -1.49. The fourth-order valence-corrected chi connectivity index (χ4v) is 1.88. The fourth-order valence-electron chi connectivity index (χ4n) is 1.15. The molecule has 1 N–H and O–H groups in total. The average Bonchev–Trinajstić information content (AvgIpc) is 2.67. The van der Waals surface area contributed by atoms with Crippen LogP contribution in [0, 0.1) is 0 Å². The summed E-state index contributed by atoms with van der Waals surface area (Å²) in [4.78, 5) is 8.35. The summed E-state index contributed by atoms with van der Waals surface area (Å²) < 4.78 is 4.28. The second kappa shape index (κ2) is 4.35. The van der Waals surface area contributed by atoms with Crippen LogP contribution in [0.25, 0.3) is 11.4 Å². The second-order valence-electron chi connectivity index (χ2n) is 3.46. The Morgan fingerprint density at radius 2 is 2.00 bits per heavy atom. The molecule has 0 spiro atoms. The third-order valence-electron chi connectivity index (χ3n) is 1.78. The van der Waals surface area contributed by atoms with Crippen LogP contribution in [0.1, 0.15) is 13.8 Å². The summed E-state index contributed by atoms with van der Waals surface area (Å²) >= 11 is 1.38. The van der Waals surface area contributed by atoms with Crippen molar-refractivity contribution in [3.8, 4) is 11.4 Å². The SMILES string of the molecule is CC(C)Nc1nc(-c2ccncc2)ns1. The van der Waals surface area contributed by atoms with Crippen LogP contribution >= 0.6 is 11.5 Å². The molecule has 15 heavy (non-hydrogen) atoms. The molecule has 0 aromatic carbocycles. The van der Waals surface area contributed by atoms with Gasteiger partial charge in [-0.2, -0.15) is 9.36 Å². The van der Waals surface area contributed by atoms with Crippen LogP contribution in [0.4, 0.5) is 5.13 Å². The Kier molecular flexibility index (Phi) is 2.91. The Morgan fingerprint density at radius 3 is 2.67 bits per heavy atom. The molecule has 0 aliphatic heterocycles. The van der Waals surface area contributed by atoms with Crippen LogP contribution in [-0.4, -0.2) is 20.4 Å². The van der Waals surface area contributed by atoms with Gasteiger partial charge in [-0.25, -0.2) is 0 Å². The minimum Gasteiger partial charge on any atom is -0.358 e. The highest BCUT2D eigenvalue weighted by Crippen LogP contribution is 2.20. The molecule has 2 heterocycles. The van der Waals surface area contributed by atoms with E-state index in [1.54, 1.807) is 12.4 Å². The zero-order chi connectivity index (χ0) is 10.7. The van der Waals surface area contributed by atoms with E-state index in [2.05, 4.69) is 33.5 Å². The molecule has 0 fully saturated rings. The highest BCUT2D eigenvalue weighted by molar-refractivity contribution is 7.09. The molecule has 2 aromatic heterocycles. The van der Waals surface area contributed by atoms with Gasteiger partial charge in [-0.15, -0.1) is 0 Å². The third-order valence-corrected chi connectivity index (χ3v) is 2.42. The summed E-state index contributed by atoms with van der Waals surface area (Å²) in [5.74, 6) is 0.755. The lowest BCUT2D eigenvalue weighted by Gasteiger charge is -2.03. The van der Waals surface area contributed by atoms with Gasteiger partial charge < -0.3 is 5.32 Å². The highest BCUT2D eigenvalue weighted by Gasteiger charge is 2.06. The molecule has 5 heteroatoms. The molecule has 0 bridgehead atoms.